The number of rotatable bonds is 7. The molecule has 1 aromatic carbocycles. The summed E-state index contributed by atoms with van der Waals surface area (Å²) in [5.41, 5.74) is 0. The van der Waals surface area contributed by atoms with Crippen molar-refractivity contribution in [3.63, 3.8) is 0 Å². The maximum atomic E-state index is 11.6. The first-order chi connectivity index (χ1) is 10.2. The van der Waals surface area contributed by atoms with Crippen molar-refractivity contribution in [2.24, 2.45) is 0 Å². The van der Waals surface area contributed by atoms with Gasteiger partial charge in [0, 0.05) is 0 Å². The Kier molecular flexibility index (Phi) is 5.66. The number of hydrogen-bond acceptors (Lipinski definition) is 4. The second-order valence-corrected chi connectivity index (χ2v) is 4.77. The number of aliphatic hydroxyl groups is 1. The molecule has 1 heterocycles. The van der Waals surface area contributed by atoms with Gasteiger partial charge in [0.2, 0.25) is 5.91 Å². The molecule has 0 radical (unpaired) electrons. The third kappa shape index (κ3) is 4.81. The van der Waals surface area contributed by atoms with Crippen molar-refractivity contribution in [2.45, 2.75) is 12.5 Å². The molecule has 6 heteroatoms. The van der Waals surface area contributed by atoms with Crippen molar-refractivity contribution < 1.29 is 19.1 Å². The summed E-state index contributed by atoms with van der Waals surface area (Å²) in [6.07, 6.45) is 0.793. The molecule has 1 amide bonds. The lowest BCUT2D eigenvalue weighted by atomic mass is 10.2. The fourth-order valence-electron chi connectivity index (χ4n) is 1.70. The van der Waals surface area contributed by atoms with Crippen LogP contribution in [0.3, 0.4) is 0 Å². The van der Waals surface area contributed by atoms with Crippen molar-refractivity contribution in [3.8, 4) is 5.75 Å². The molecule has 5 nitrogen and oxygen atoms in total. The zero-order valence-corrected chi connectivity index (χ0v) is 12.0. The van der Waals surface area contributed by atoms with Gasteiger partial charge in [0.15, 0.2) is 0 Å². The lowest BCUT2D eigenvalue weighted by Gasteiger charge is -2.10. The van der Waals surface area contributed by atoms with Crippen LogP contribution in [0.4, 0.5) is 0 Å². The van der Waals surface area contributed by atoms with Gasteiger partial charge in [-0.1, -0.05) is 23.7 Å². The summed E-state index contributed by atoms with van der Waals surface area (Å²) in [6, 6.07) is 10.4. The van der Waals surface area contributed by atoms with Crippen molar-refractivity contribution in [1.82, 2.24) is 5.32 Å². The van der Waals surface area contributed by atoms with Crippen molar-refractivity contribution in [1.29, 1.82) is 0 Å². The summed E-state index contributed by atoms with van der Waals surface area (Å²) >= 11 is 5.93. The Hall–Kier alpha value is -1.98. The van der Waals surface area contributed by atoms with E-state index in [1.54, 1.807) is 36.4 Å². The summed E-state index contributed by atoms with van der Waals surface area (Å²) in [6.45, 7) is 0.310. The van der Waals surface area contributed by atoms with Crippen LogP contribution in [0.2, 0.25) is 5.02 Å². The molecule has 2 N–H and O–H groups in total. The molecule has 1 atom stereocenters. The Morgan fingerprint density at radius 2 is 2.14 bits per heavy atom. The number of ether oxygens (including phenoxy) is 1. The summed E-state index contributed by atoms with van der Waals surface area (Å²) in [4.78, 5) is 11.6. The molecule has 0 fully saturated rings. The normalized spacial score (nSPS) is 11.9. The molecule has 1 aromatic heterocycles. The van der Waals surface area contributed by atoms with Crippen molar-refractivity contribution in [2.75, 3.05) is 13.2 Å². The van der Waals surface area contributed by atoms with E-state index < -0.39 is 6.10 Å². The van der Waals surface area contributed by atoms with Gasteiger partial charge in [0.05, 0.1) is 30.9 Å². The van der Waals surface area contributed by atoms with E-state index in [-0.39, 0.29) is 25.5 Å². The van der Waals surface area contributed by atoms with E-state index >= 15 is 0 Å². The van der Waals surface area contributed by atoms with Crippen LogP contribution < -0.4 is 10.1 Å². The fourth-order valence-corrected chi connectivity index (χ4v) is 1.89. The average molecular weight is 310 g/mol. The zero-order valence-electron chi connectivity index (χ0n) is 11.3. The van der Waals surface area contributed by atoms with E-state index in [2.05, 4.69) is 5.32 Å². The number of aliphatic hydroxyl groups excluding tert-OH is 1. The molecule has 2 rings (SSSR count). The van der Waals surface area contributed by atoms with Gasteiger partial charge < -0.3 is 19.6 Å². The van der Waals surface area contributed by atoms with Gasteiger partial charge in [-0.05, 0) is 24.3 Å². The Labute approximate surface area is 127 Å². The Morgan fingerprint density at radius 3 is 2.86 bits per heavy atom. The average Bonchev–Trinajstić information content (AvgIpc) is 3.01. The molecule has 0 saturated carbocycles. The van der Waals surface area contributed by atoms with Crippen molar-refractivity contribution >= 4 is 17.5 Å². The highest BCUT2D eigenvalue weighted by molar-refractivity contribution is 6.32. The van der Waals surface area contributed by atoms with E-state index in [0.717, 1.165) is 0 Å². The molecule has 0 aliphatic carbocycles. The Balaban J connectivity index is 1.67. The highest BCUT2D eigenvalue weighted by Crippen LogP contribution is 2.23. The highest BCUT2D eigenvalue weighted by Gasteiger charge is 2.11. The Bertz CT molecular complexity index is 571. The summed E-state index contributed by atoms with van der Waals surface area (Å²) in [7, 11) is 0. The molecule has 0 aliphatic rings. The van der Waals surface area contributed by atoms with Crippen molar-refractivity contribution in [3.05, 3.63) is 53.4 Å². The van der Waals surface area contributed by atoms with E-state index in [0.29, 0.717) is 16.5 Å². The zero-order chi connectivity index (χ0) is 15.1. The third-order valence-corrected chi connectivity index (χ3v) is 3.10. The number of hydrogen-bond donors (Lipinski definition) is 2. The van der Waals surface area contributed by atoms with Gasteiger partial charge in [-0.3, -0.25) is 4.79 Å². The van der Waals surface area contributed by atoms with Crippen LogP contribution in [0, 0.1) is 0 Å². The minimum atomic E-state index is -0.853. The van der Waals surface area contributed by atoms with Crippen LogP contribution in [0.1, 0.15) is 18.3 Å². The molecular formula is C15H16ClNO4. The number of carbonyl (C=O) groups excluding carboxylic acids is 1. The van der Waals surface area contributed by atoms with Gasteiger partial charge in [-0.25, -0.2) is 0 Å². The minimum Gasteiger partial charge on any atom is -0.491 e. The third-order valence-electron chi connectivity index (χ3n) is 2.79. The van der Waals surface area contributed by atoms with Gasteiger partial charge in [-0.15, -0.1) is 0 Å². The van der Waals surface area contributed by atoms with Gasteiger partial charge >= 0.3 is 0 Å². The number of amides is 1. The summed E-state index contributed by atoms with van der Waals surface area (Å²) < 4.78 is 10.5. The van der Waals surface area contributed by atoms with Crippen LogP contribution >= 0.6 is 11.6 Å². The Morgan fingerprint density at radius 1 is 1.33 bits per heavy atom. The molecule has 112 valence electrons. The largest absolute Gasteiger partial charge is 0.491 e. The van der Waals surface area contributed by atoms with E-state index in [1.165, 1.54) is 6.26 Å². The fraction of sp³-hybridized carbons (Fsp3) is 0.267. The molecule has 1 unspecified atom stereocenters. The van der Waals surface area contributed by atoms with Gasteiger partial charge in [0.1, 0.15) is 17.6 Å². The maximum absolute atomic E-state index is 11.6. The number of para-hydroxylation sites is 1. The first kappa shape index (κ1) is 15.4. The predicted molar refractivity (Wildman–Crippen MR) is 78.2 cm³/mol. The molecule has 0 spiro atoms. The lowest BCUT2D eigenvalue weighted by Crippen LogP contribution is -2.29. The quantitative estimate of drug-likeness (QED) is 0.824. The van der Waals surface area contributed by atoms with E-state index in [4.69, 9.17) is 20.8 Å². The van der Waals surface area contributed by atoms with Crippen LogP contribution in [-0.2, 0) is 4.79 Å². The molecule has 2 aromatic rings. The summed E-state index contributed by atoms with van der Waals surface area (Å²) in [5.74, 6) is 0.748. The molecular weight excluding hydrogens is 294 g/mol. The van der Waals surface area contributed by atoms with Gasteiger partial charge in [0.25, 0.3) is 0 Å². The van der Waals surface area contributed by atoms with Gasteiger partial charge in [-0.2, -0.15) is 0 Å². The number of furan rings is 1. The predicted octanol–water partition coefficient (Wildman–Crippen LogP) is 2.55. The number of halogens is 1. The smallest absolute Gasteiger partial charge is 0.223 e. The second kappa shape index (κ2) is 7.71. The van der Waals surface area contributed by atoms with Crippen LogP contribution in [0.15, 0.2) is 47.1 Å². The maximum Gasteiger partial charge on any atom is 0.223 e. The number of nitrogens with one attached hydrogen (secondary N) is 1. The first-order valence-electron chi connectivity index (χ1n) is 6.52. The summed E-state index contributed by atoms with van der Waals surface area (Å²) in [5, 5.41) is 12.9. The molecule has 0 aliphatic heterocycles. The molecule has 0 bridgehead atoms. The minimum absolute atomic E-state index is 0.0957. The standard InChI is InChI=1S/C15H16ClNO4/c16-11-4-1-2-5-13(11)21-9-7-15(19)17-10-12(18)14-6-3-8-20-14/h1-6,8,12,18H,7,9-10H2,(H,17,19). The monoisotopic (exact) mass is 309 g/mol. The first-order valence-corrected chi connectivity index (χ1v) is 6.90. The second-order valence-electron chi connectivity index (χ2n) is 4.36. The molecule has 21 heavy (non-hydrogen) atoms. The van der Waals surface area contributed by atoms with E-state index in [1.807, 2.05) is 0 Å². The number of carbonyl (C=O) groups is 1. The lowest BCUT2D eigenvalue weighted by molar-refractivity contribution is -0.122. The highest BCUT2D eigenvalue weighted by atomic mass is 35.5. The van der Waals surface area contributed by atoms with Crippen LogP contribution in [-0.4, -0.2) is 24.2 Å². The van der Waals surface area contributed by atoms with Crippen LogP contribution in [0.5, 0.6) is 5.75 Å². The van der Waals surface area contributed by atoms with Crippen LogP contribution in [0.25, 0.3) is 0 Å². The van der Waals surface area contributed by atoms with E-state index in [9.17, 15) is 9.90 Å². The molecule has 0 saturated heterocycles. The topological polar surface area (TPSA) is 71.7 Å². The SMILES string of the molecule is O=C(CCOc1ccccc1Cl)NCC(O)c1ccco1. The number of benzene rings is 1.